The van der Waals surface area contributed by atoms with Gasteiger partial charge in [0.05, 0.1) is 22.5 Å². The Bertz CT molecular complexity index is 1130. The molecular formula is C18H14BrN3O5S2. The van der Waals surface area contributed by atoms with Crippen molar-refractivity contribution in [2.75, 3.05) is 16.4 Å². The number of hydrogen-bond acceptors (Lipinski definition) is 6. The van der Waals surface area contributed by atoms with E-state index in [2.05, 4.69) is 20.9 Å². The summed E-state index contributed by atoms with van der Waals surface area (Å²) in [4.78, 5) is 29.0. The zero-order chi connectivity index (χ0) is 20.8. The van der Waals surface area contributed by atoms with E-state index >= 15 is 0 Å². The van der Waals surface area contributed by atoms with Crippen LogP contribution in [0.25, 0.3) is 0 Å². The predicted molar refractivity (Wildman–Crippen MR) is 115 cm³/mol. The first-order valence-electron chi connectivity index (χ1n) is 8.53. The molecule has 2 aliphatic rings. The Morgan fingerprint density at radius 3 is 2.62 bits per heavy atom. The second kappa shape index (κ2) is 7.54. The van der Waals surface area contributed by atoms with Gasteiger partial charge in [-0.1, -0.05) is 33.8 Å². The molecule has 8 nitrogen and oxygen atoms in total. The van der Waals surface area contributed by atoms with E-state index in [0.29, 0.717) is 5.17 Å². The Balaban J connectivity index is 1.71. The quantitative estimate of drug-likeness (QED) is 0.474. The van der Waals surface area contributed by atoms with Crippen LogP contribution < -0.4 is 4.90 Å². The molecule has 0 saturated carbocycles. The molecule has 1 amide bonds. The van der Waals surface area contributed by atoms with Gasteiger partial charge in [-0.2, -0.15) is 4.99 Å². The van der Waals surface area contributed by atoms with Gasteiger partial charge in [0.25, 0.3) is 11.6 Å². The first-order valence-corrected chi connectivity index (χ1v) is 12.0. The fourth-order valence-electron chi connectivity index (χ4n) is 3.37. The van der Waals surface area contributed by atoms with Crippen LogP contribution >= 0.6 is 27.7 Å². The topological polar surface area (TPSA) is 110 Å². The maximum Gasteiger partial charge on any atom is 0.279 e. The van der Waals surface area contributed by atoms with Crippen molar-refractivity contribution >= 4 is 60.0 Å². The van der Waals surface area contributed by atoms with Gasteiger partial charge in [0.15, 0.2) is 15.0 Å². The summed E-state index contributed by atoms with van der Waals surface area (Å²) in [7, 11) is -3.16. The number of rotatable bonds is 3. The SMILES string of the molecule is O=C(N=C1SC2CS(=O)(=O)CC2N1c1ccc(Br)cc1)c1cccc([N+](=O)[O-])c1. The van der Waals surface area contributed by atoms with E-state index in [9.17, 15) is 23.3 Å². The number of nitro groups is 1. The second-order valence-corrected chi connectivity index (χ2v) is 10.9. The maximum atomic E-state index is 12.7. The summed E-state index contributed by atoms with van der Waals surface area (Å²) in [5.41, 5.74) is 0.645. The number of sulfone groups is 1. The van der Waals surface area contributed by atoms with Crippen LogP contribution in [0.1, 0.15) is 10.4 Å². The van der Waals surface area contributed by atoms with E-state index in [1.165, 1.54) is 36.0 Å². The number of amidine groups is 1. The van der Waals surface area contributed by atoms with Gasteiger partial charge in [-0.25, -0.2) is 8.42 Å². The molecule has 0 aliphatic carbocycles. The number of aliphatic imine (C=N–C) groups is 1. The van der Waals surface area contributed by atoms with E-state index in [1.807, 2.05) is 24.3 Å². The molecule has 2 unspecified atom stereocenters. The molecule has 0 spiro atoms. The molecule has 0 radical (unpaired) electrons. The Hall–Kier alpha value is -2.24. The number of nitrogens with zero attached hydrogens (tertiary/aromatic N) is 3. The fraction of sp³-hybridized carbons (Fsp3) is 0.222. The van der Waals surface area contributed by atoms with Crippen molar-refractivity contribution in [2.24, 2.45) is 4.99 Å². The minimum atomic E-state index is -3.16. The van der Waals surface area contributed by atoms with Gasteiger partial charge in [0, 0.05) is 33.1 Å². The third-order valence-corrected chi connectivity index (χ3v) is 8.41. The van der Waals surface area contributed by atoms with Crippen LogP contribution in [-0.2, 0) is 9.84 Å². The highest BCUT2D eigenvalue weighted by atomic mass is 79.9. The number of non-ortho nitro benzene ring substituents is 1. The molecule has 0 aromatic heterocycles. The van der Waals surface area contributed by atoms with Gasteiger partial charge in [-0.05, 0) is 30.3 Å². The van der Waals surface area contributed by atoms with E-state index in [0.717, 1.165) is 10.2 Å². The number of thioether (sulfide) groups is 1. The van der Waals surface area contributed by atoms with Crippen LogP contribution in [0.3, 0.4) is 0 Å². The number of halogens is 1. The molecular weight excluding hydrogens is 482 g/mol. The average Bonchev–Trinajstić information content (AvgIpc) is 3.13. The molecule has 2 saturated heterocycles. The molecule has 0 bridgehead atoms. The van der Waals surface area contributed by atoms with Crippen LogP contribution in [0.4, 0.5) is 11.4 Å². The highest BCUT2D eigenvalue weighted by molar-refractivity contribution is 9.10. The zero-order valence-corrected chi connectivity index (χ0v) is 18.0. The van der Waals surface area contributed by atoms with Crippen LogP contribution in [0.15, 0.2) is 58.0 Å². The summed E-state index contributed by atoms with van der Waals surface area (Å²) in [5, 5.41) is 11.1. The van der Waals surface area contributed by atoms with Gasteiger partial charge >= 0.3 is 0 Å². The van der Waals surface area contributed by atoms with Crippen LogP contribution in [0.5, 0.6) is 0 Å². The maximum absolute atomic E-state index is 12.7. The highest BCUT2D eigenvalue weighted by Crippen LogP contribution is 2.41. The van der Waals surface area contributed by atoms with E-state index in [-0.39, 0.29) is 34.0 Å². The lowest BCUT2D eigenvalue weighted by Crippen LogP contribution is -2.37. The number of benzene rings is 2. The van der Waals surface area contributed by atoms with Crippen molar-refractivity contribution in [3.63, 3.8) is 0 Å². The zero-order valence-electron chi connectivity index (χ0n) is 14.8. The number of nitro benzene ring substituents is 1. The number of amides is 1. The van der Waals surface area contributed by atoms with Crippen LogP contribution in [-0.4, -0.2) is 47.2 Å². The number of carbonyl (C=O) groups excluding carboxylic acids is 1. The molecule has 11 heteroatoms. The molecule has 2 fully saturated rings. The normalized spacial score (nSPS) is 23.9. The summed E-state index contributed by atoms with van der Waals surface area (Å²) in [6, 6.07) is 12.4. The summed E-state index contributed by atoms with van der Waals surface area (Å²) >= 11 is 4.63. The lowest BCUT2D eigenvalue weighted by Gasteiger charge is -2.24. The minimum absolute atomic E-state index is 0.00918. The largest absolute Gasteiger partial charge is 0.316 e. The Kier molecular flexibility index (Phi) is 5.21. The molecule has 2 aromatic rings. The van der Waals surface area contributed by atoms with Gasteiger partial charge in [0.1, 0.15) is 0 Å². The Labute approximate surface area is 179 Å². The van der Waals surface area contributed by atoms with Gasteiger partial charge in [0.2, 0.25) is 0 Å². The Morgan fingerprint density at radius 1 is 1.21 bits per heavy atom. The highest BCUT2D eigenvalue weighted by Gasteiger charge is 2.49. The van der Waals surface area contributed by atoms with Crippen molar-refractivity contribution < 1.29 is 18.1 Å². The molecule has 2 aliphatic heterocycles. The van der Waals surface area contributed by atoms with Crippen LogP contribution in [0.2, 0.25) is 0 Å². The number of carbonyl (C=O) groups is 1. The monoisotopic (exact) mass is 495 g/mol. The number of fused-ring (bicyclic) bond motifs is 1. The van der Waals surface area contributed by atoms with Gasteiger partial charge in [-0.15, -0.1) is 0 Å². The van der Waals surface area contributed by atoms with Crippen molar-refractivity contribution in [3.05, 3.63) is 68.7 Å². The molecule has 2 heterocycles. The minimum Gasteiger partial charge on any atom is -0.316 e. The van der Waals surface area contributed by atoms with Crippen molar-refractivity contribution in [3.8, 4) is 0 Å². The summed E-state index contributed by atoms with van der Waals surface area (Å²) in [6.45, 7) is 0. The Morgan fingerprint density at radius 2 is 1.93 bits per heavy atom. The fourth-order valence-corrected chi connectivity index (χ4v) is 7.55. The van der Waals surface area contributed by atoms with Crippen molar-refractivity contribution in [2.45, 2.75) is 11.3 Å². The molecule has 2 aromatic carbocycles. The summed E-state index contributed by atoms with van der Waals surface area (Å²) in [6.07, 6.45) is 0. The van der Waals surface area contributed by atoms with Gasteiger partial charge < -0.3 is 4.90 Å². The number of anilines is 1. The third kappa shape index (κ3) is 4.07. The molecule has 4 rings (SSSR count). The second-order valence-electron chi connectivity index (χ2n) is 6.65. The molecule has 2 atom stereocenters. The standard InChI is InChI=1S/C18H14BrN3O5S2/c19-12-4-6-13(7-5-12)21-15-9-29(26,27)10-16(15)28-18(21)20-17(23)11-2-1-3-14(8-11)22(24)25/h1-8,15-16H,9-10H2. The summed E-state index contributed by atoms with van der Waals surface area (Å²) in [5.74, 6) is -0.592. The van der Waals surface area contributed by atoms with E-state index < -0.39 is 20.7 Å². The van der Waals surface area contributed by atoms with E-state index in [1.54, 1.807) is 4.90 Å². The van der Waals surface area contributed by atoms with E-state index in [4.69, 9.17) is 0 Å². The molecule has 0 N–H and O–H groups in total. The smallest absolute Gasteiger partial charge is 0.279 e. The lowest BCUT2D eigenvalue weighted by atomic mass is 10.2. The molecule has 29 heavy (non-hydrogen) atoms. The number of hydrogen-bond donors (Lipinski definition) is 0. The third-order valence-electron chi connectivity index (χ3n) is 4.67. The average molecular weight is 496 g/mol. The van der Waals surface area contributed by atoms with Crippen molar-refractivity contribution in [1.29, 1.82) is 0 Å². The molecule has 150 valence electrons. The van der Waals surface area contributed by atoms with Gasteiger partial charge in [-0.3, -0.25) is 14.9 Å². The first kappa shape index (κ1) is 20.0. The summed E-state index contributed by atoms with van der Waals surface area (Å²) < 4.78 is 25.1. The van der Waals surface area contributed by atoms with Crippen LogP contribution in [0, 0.1) is 10.1 Å². The first-order chi connectivity index (χ1) is 13.7. The predicted octanol–water partition coefficient (Wildman–Crippen LogP) is 3.27. The lowest BCUT2D eigenvalue weighted by molar-refractivity contribution is -0.384. The van der Waals surface area contributed by atoms with Crippen molar-refractivity contribution in [1.82, 2.24) is 0 Å².